The molecular formula is C16H19N3O3. The average molecular weight is 301 g/mol. The van der Waals surface area contributed by atoms with E-state index < -0.39 is 17.4 Å². The van der Waals surface area contributed by atoms with Crippen molar-refractivity contribution in [3.8, 4) is 6.07 Å². The summed E-state index contributed by atoms with van der Waals surface area (Å²) in [6.07, 6.45) is 1.28. The molecule has 1 aromatic rings. The summed E-state index contributed by atoms with van der Waals surface area (Å²) in [4.78, 5) is 22.5. The minimum absolute atomic E-state index is 0.0375. The van der Waals surface area contributed by atoms with Gasteiger partial charge in [0.2, 0.25) is 0 Å². The minimum Gasteiger partial charge on any atom is -0.481 e. The Kier molecular flexibility index (Phi) is 5.70. The molecule has 0 fully saturated rings. The van der Waals surface area contributed by atoms with Gasteiger partial charge in [0, 0.05) is 17.4 Å². The number of carbonyl (C=O) groups is 2. The Morgan fingerprint density at radius 3 is 2.32 bits per heavy atom. The Bertz CT molecular complexity index is 620. The summed E-state index contributed by atoms with van der Waals surface area (Å²) in [7, 11) is 0. The molecule has 0 radical (unpaired) electrons. The second-order valence-corrected chi connectivity index (χ2v) is 5.79. The fraction of sp³-hybridized carbons (Fsp3) is 0.312. The van der Waals surface area contributed by atoms with E-state index >= 15 is 0 Å². The Balaban J connectivity index is 2.74. The topological polar surface area (TPSA) is 102 Å². The van der Waals surface area contributed by atoms with Crippen LogP contribution in [0.3, 0.4) is 0 Å². The van der Waals surface area contributed by atoms with Gasteiger partial charge in [-0.15, -0.1) is 0 Å². The van der Waals surface area contributed by atoms with E-state index in [1.54, 1.807) is 24.3 Å². The molecule has 1 rings (SSSR count). The SMILES string of the molecule is CC(C)(C)NC(=O)/C(C#N)=C\Nc1ccc(CC(=O)O)cc1. The van der Waals surface area contributed by atoms with Crippen molar-refractivity contribution in [2.24, 2.45) is 0 Å². The van der Waals surface area contributed by atoms with Crippen LogP contribution >= 0.6 is 0 Å². The molecule has 1 amide bonds. The predicted octanol–water partition coefficient (Wildman–Crippen LogP) is 2.05. The first-order chi connectivity index (χ1) is 10.2. The van der Waals surface area contributed by atoms with Crippen molar-refractivity contribution < 1.29 is 14.7 Å². The van der Waals surface area contributed by atoms with E-state index in [4.69, 9.17) is 10.4 Å². The average Bonchev–Trinajstić information content (AvgIpc) is 2.38. The van der Waals surface area contributed by atoms with Crippen molar-refractivity contribution in [2.45, 2.75) is 32.7 Å². The van der Waals surface area contributed by atoms with Gasteiger partial charge in [0.05, 0.1) is 6.42 Å². The number of nitrogens with zero attached hydrogens (tertiary/aromatic N) is 1. The van der Waals surface area contributed by atoms with E-state index in [0.29, 0.717) is 11.3 Å². The monoisotopic (exact) mass is 301 g/mol. The van der Waals surface area contributed by atoms with E-state index in [9.17, 15) is 9.59 Å². The van der Waals surface area contributed by atoms with Gasteiger partial charge in [-0.25, -0.2) is 0 Å². The van der Waals surface area contributed by atoms with Crippen molar-refractivity contribution in [3.63, 3.8) is 0 Å². The first-order valence-electron chi connectivity index (χ1n) is 6.71. The number of carbonyl (C=O) groups excluding carboxylic acids is 1. The van der Waals surface area contributed by atoms with Gasteiger partial charge < -0.3 is 15.7 Å². The van der Waals surface area contributed by atoms with E-state index in [0.717, 1.165) is 0 Å². The number of carboxylic acids is 1. The Hall–Kier alpha value is -2.81. The lowest BCUT2D eigenvalue weighted by Gasteiger charge is -2.20. The summed E-state index contributed by atoms with van der Waals surface area (Å²) in [6.45, 7) is 5.48. The van der Waals surface area contributed by atoms with Crippen LogP contribution in [-0.2, 0) is 16.0 Å². The normalized spacial score (nSPS) is 11.5. The molecule has 0 unspecified atom stereocenters. The van der Waals surface area contributed by atoms with Crippen LogP contribution in [0.2, 0.25) is 0 Å². The molecule has 116 valence electrons. The third-order valence-corrected chi connectivity index (χ3v) is 2.55. The van der Waals surface area contributed by atoms with Crippen LogP contribution in [0, 0.1) is 11.3 Å². The van der Waals surface area contributed by atoms with Crippen molar-refractivity contribution in [2.75, 3.05) is 5.32 Å². The quantitative estimate of drug-likeness (QED) is 0.570. The van der Waals surface area contributed by atoms with Crippen LogP contribution in [0.25, 0.3) is 0 Å². The molecule has 6 heteroatoms. The van der Waals surface area contributed by atoms with E-state index in [1.807, 2.05) is 26.8 Å². The van der Waals surface area contributed by atoms with Crippen LogP contribution in [-0.4, -0.2) is 22.5 Å². The molecule has 0 heterocycles. The molecule has 22 heavy (non-hydrogen) atoms. The van der Waals surface area contributed by atoms with E-state index in [1.165, 1.54) is 6.20 Å². The number of carboxylic acid groups (broad SMARTS) is 1. The Morgan fingerprint density at radius 2 is 1.86 bits per heavy atom. The smallest absolute Gasteiger partial charge is 0.307 e. The van der Waals surface area contributed by atoms with Gasteiger partial charge in [0.1, 0.15) is 11.6 Å². The van der Waals surface area contributed by atoms with Crippen LogP contribution in [0.4, 0.5) is 5.69 Å². The summed E-state index contributed by atoms with van der Waals surface area (Å²) < 4.78 is 0. The third-order valence-electron chi connectivity index (χ3n) is 2.55. The Morgan fingerprint density at radius 1 is 1.27 bits per heavy atom. The molecular weight excluding hydrogens is 282 g/mol. The molecule has 0 aliphatic rings. The number of hydrogen-bond donors (Lipinski definition) is 3. The number of hydrogen-bond acceptors (Lipinski definition) is 4. The van der Waals surface area contributed by atoms with Crippen LogP contribution < -0.4 is 10.6 Å². The van der Waals surface area contributed by atoms with Gasteiger partial charge in [0.15, 0.2) is 0 Å². The minimum atomic E-state index is -0.897. The highest BCUT2D eigenvalue weighted by Crippen LogP contribution is 2.11. The third kappa shape index (κ3) is 6.09. The van der Waals surface area contributed by atoms with Crippen LogP contribution in [0.5, 0.6) is 0 Å². The summed E-state index contributed by atoms with van der Waals surface area (Å²) in [5.74, 6) is -1.35. The summed E-state index contributed by atoms with van der Waals surface area (Å²) in [5.41, 5.74) is 0.869. The highest BCUT2D eigenvalue weighted by molar-refractivity contribution is 5.97. The number of anilines is 1. The van der Waals surface area contributed by atoms with Crippen molar-refractivity contribution in [1.82, 2.24) is 5.32 Å². The lowest BCUT2D eigenvalue weighted by Crippen LogP contribution is -2.41. The zero-order valence-corrected chi connectivity index (χ0v) is 12.8. The van der Waals surface area contributed by atoms with Gasteiger partial charge in [-0.3, -0.25) is 9.59 Å². The lowest BCUT2D eigenvalue weighted by molar-refractivity contribution is -0.136. The zero-order chi connectivity index (χ0) is 16.8. The summed E-state index contributed by atoms with van der Waals surface area (Å²) >= 11 is 0. The first kappa shape index (κ1) is 17.2. The number of nitriles is 1. The standard InChI is InChI=1S/C16H19N3O3/c1-16(2,3)19-15(22)12(9-17)10-18-13-6-4-11(5-7-13)8-14(20)21/h4-7,10,18H,8H2,1-3H3,(H,19,22)(H,20,21)/b12-10-. The van der Waals surface area contributed by atoms with Crippen LogP contribution in [0.15, 0.2) is 36.0 Å². The summed E-state index contributed by atoms with van der Waals surface area (Å²) in [5, 5.41) is 23.3. The molecule has 0 aromatic heterocycles. The molecule has 0 aliphatic heterocycles. The number of benzene rings is 1. The molecule has 1 aromatic carbocycles. The molecule has 0 atom stereocenters. The van der Waals surface area contributed by atoms with E-state index in [-0.39, 0.29) is 12.0 Å². The number of rotatable bonds is 5. The van der Waals surface area contributed by atoms with E-state index in [2.05, 4.69) is 10.6 Å². The highest BCUT2D eigenvalue weighted by Gasteiger charge is 2.17. The van der Waals surface area contributed by atoms with Crippen LogP contribution in [0.1, 0.15) is 26.3 Å². The highest BCUT2D eigenvalue weighted by atomic mass is 16.4. The maximum atomic E-state index is 11.9. The van der Waals surface area contributed by atoms with Gasteiger partial charge in [0.25, 0.3) is 5.91 Å². The number of nitrogens with one attached hydrogen (secondary N) is 2. The van der Waals surface area contributed by atoms with Crippen molar-refractivity contribution >= 4 is 17.6 Å². The lowest BCUT2D eigenvalue weighted by atomic mass is 10.1. The second-order valence-electron chi connectivity index (χ2n) is 5.79. The molecule has 0 spiro atoms. The fourth-order valence-electron chi connectivity index (χ4n) is 1.61. The van der Waals surface area contributed by atoms with Gasteiger partial charge >= 0.3 is 5.97 Å². The largest absolute Gasteiger partial charge is 0.481 e. The molecule has 0 saturated carbocycles. The summed E-state index contributed by atoms with van der Waals surface area (Å²) in [6, 6.07) is 8.56. The maximum Gasteiger partial charge on any atom is 0.307 e. The molecule has 3 N–H and O–H groups in total. The van der Waals surface area contributed by atoms with Crippen molar-refractivity contribution in [1.29, 1.82) is 5.26 Å². The number of amides is 1. The predicted molar refractivity (Wildman–Crippen MR) is 83.0 cm³/mol. The van der Waals surface area contributed by atoms with Gasteiger partial charge in [-0.1, -0.05) is 12.1 Å². The molecule has 0 aliphatic carbocycles. The fourth-order valence-corrected chi connectivity index (χ4v) is 1.61. The van der Waals surface area contributed by atoms with Crippen molar-refractivity contribution in [3.05, 3.63) is 41.6 Å². The second kappa shape index (κ2) is 7.27. The zero-order valence-electron chi connectivity index (χ0n) is 12.8. The van der Waals surface area contributed by atoms with Gasteiger partial charge in [-0.2, -0.15) is 5.26 Å². The molecule has 0 bridgehead atoms. The number of aliphatic carboxylic acids is 1. The molecule has 0 saturated heterocycles. The molecule has 6 nitrogen and oxygen atoms in total. The first-order valence-corrected chi connectivity index (χ1v) is 6.71. The Labute approximate surface area is 129 Å². The maximum absolute atomic E-state index is 11.9. The van der Waals surface area contributed by atoms with Gasteiger partial charge in [-0.05, 0) is 38.5 Å².